The van der Waals surface area contributed by atoms with Crippen LogP contribution in [0.25, 0.3) is 0 Å². The Hall–Kier alpha value is -0.890. The quantitative estimate of drug-likeness (QED) is 0.373. The minimum Gasteiger partial charge on any atom is -0.360 e. The van der Waals surface area contributed by atoms with E-state index in [1.807, 2.05) is 0 Å². The molecule has 0 heterocycles. The van der Waals surface area contributed by atoms with E-state index in [1.165, 1.54) is 42.5 Å². The lowest BCUT2D eigenvalue weighted by atomic mass is 9.95. The summed E-state index contributed by atoms with van der Waals surface area (Å²) in [6.07, 6.45) is 12.2. The van der Waals surface area contributed by atoms with Crippen LogP contribution in [0.3, 0.4) is 0 Å². The van der Waals surface area contributed by atoms with Gasteiger partial charge in [0.2, 0.25) is 0 Å². The number of rotatable bonds is 10. The van der Waals surface area contributed by atoms with Gasteiger partial charge in [-0.1, -0.05) is 70.5 Å². The van der Waals surface area contributed by atoms with Gasteiger partial charge in [-0.15, -0.1) is 0 Å². The second-order valence-electron chi connectivity index (χ2n) is 6.85. The zero-order chi connectivity index (χ0) is 16.5. The Kier molecular flexibility index (Phi) is 8.70. The molecule has 1 rings (SSSR count). The average Bonchev–Trinajstić information content (AvgIpc) is 2.97. The van der Waals surface area contributed by atoms with E-state index in [0.29, 0.717) is 5.92 Å². The minimum atomic E-state index is 0.364. The first-order chi connectivity index (χ1) is 10.4. The second-order valence-corrected chi connectivity index (χ2v) is 7.43. The SMILES string of the molecule is C=C(/C=C(/C)CC)NC(=C)C(C)CC(=S)CCC1CCCC1. The molecule has 0 bridgehead atoms. The molecule has 1 N–H and O–H groups in total. The zero-order valence-electron chi connectivity index (χ0n) is 14.7. The molecule has 1 aliphatic rings. The van der Waals surface area contributed by atoms with Gasteiger partial charge >= 0.3 is 0 Å². The molecule has 1 nitrogen and oxygen atoms in total. The van der Waals surface area contributed by atoms with Gasteiger partial charge in [-0.25, -0.2) is 0 Å². The highest BCUT2D eigenvalue weighted by atomic mass is 32.1. The molecular weight excluding hydrogens is 286 g/mol. The molecule has 1 aliphatic carbocycles. The standard InChI is InChI=1S/C20H33NS/c1-6-15(2)13-17(4)21-18(5)16(3)14-20(22)12-11-19-9-7-8-10-19/h13,16,19,21H,4-12,14H2,1-3H3/b15-13-. The normalized spacial score (nSPS) is 17.3. The lowest BCUT2D eigenvalue weighted by molar-refractivity contribution is 0.513. The topological polar surface area (TPSA) is 12.0 Å². The molecule has 1 atom stereocenters. The first-order valence-electron chi connectivity index (χ1n) is 8.76. The Labute approximate surface area is 143 Å². The molecule has 0 spiro atoms. The molecule has 0 aromatic heterocycles. The zero-order valence-corrected chi connectivity index (χ0v) is 15.5. The largest absolute Gasteiger partial charge is 0.360 e. The van der Waals surface area contributed by atoms with Gasteiger partial charge in [-0.2, -0.15) is 0 Å². The van der Waals surface area contributed by atoms with Crippen molar-refractivity contribution in [2.45, 2.75) is 72.1 Å². The highest BCUT2D eigenvalue weighted by molar-refractivity contribution is 7.80. The van der Waals surface area contributed by atoms with Crippen molar-refractivity contribution in [1.82, 2.24) is 5.32 Å². The fourth-order valence-corrected chi connectivity index (χ4v) is 3.36. The summed E-state index contributed by atoms with van der Waals surface area (Å²) in [5.41, 5.74) is 3.27. The van der Waals surface area contributed by atoms with Crippen LogP contribution in [0.4, 0.5) is 0 Å². The Morgan fingerprint density at radius 2 is 1.95 bits per heavy atom. The molecule has 2 heteroatoms. The van der Waals surface area contributed by atoms with E-state index in [2.05, 4.69) is 45.3 Å². The van der Waals surface area contributed by atoms with Crippen LogP contribution in [0.5, 0.6) is 0 Å². The molecular formula is C20H33NS. The third kappa shape index (κ3) is 7.40. The highest BCUT2D eigenvalue weighted by Gasteiger charge is 2.16. The predicted octanol–water partition coefficient (Wildman–Crippen LogP) is 6.33. The first-order valence-corrected chi connectivity index (χ1v) is 9.16. The summed E-state index contributed by atoms with van der Waals surface area (Å²) in [6, 6.07) is 0. The van der Waals surface area contributed by atoms with Crippen molar-refractivity contribution in [1.29, 1.82) is 0 Å². The molecule has 0 amide bonds. The fraction of sp³-hybridized carbons (Fsp3) is 0.650. The lowest BCUT2D eigenvalue weighted by Crippen LogP contribution is -2.18. The minimum absolute atomic E-state index is 0.364. The van der Waals surface area contributed by atoms with Gasteiger partial charge in [0, 0.05) is 17.3 Å². The third-order valence-corrected chi connectivity index (χ3v) is 5.11. The Bertz CT molecular complexity index is 427. The molecule has 0 saturated heterocycles. The van der Waals surface area contributed by atoms with Crippen molar-refractivity contribution < 1.29 is 0 Å². The van der Waals surface area contributed by atoms with Crippen LogP contribution in [-0.4, -0.2) is 4.86 Å². The van der Waals surface area contributed by atoms with Crippen molar-refractivity contribution >= 4 is 17.1 Å². The van der Waals surface area contributed by atoms with Gasteiger partial charge in [-0.05, 0) is 49.5 Å². The molecule has 1 saturated carbocycles. The molecule has 1 unspecified atom stereocenters. The number of nitrogens with one attached hydrogen (secondary N) is 1. The predicted molar refractivity (Wildman–Crippen MR) is 103 cm³/mol. The van der Waals surface area contributed by atoms with E-state index in [1.54, 1.807) is 0 Å². The van der Waals surface area contributed by atoms with Crippen molar-refractivity contribution in [3.05, 3.63) is 36.2 Å². The Morgan fingerprint density at radius 3 is 2.55 bits per heavy atom. The molecule has 0 radical (unpaired) electrons. The average molecular weight is 320 g/mol. The van der Waals surface area contributed by atoms with Crippen LogP contribution in [0.1, 0.15) is 72.1 Å². The summed E-state index contributed by atoms with van der Waals surface area (Å²) in [4.78, 5) is 1.20. The smallest absolute Gasteiger partial charge is 0.0308 e. The van der Waals surface area contributed by atoms with E-state index in [0.717, 1.165) is 36.6 Å². The van der Waals surface area contributed by atoms with Crippen LogP contribution in [0, 0.1) is 11.8 Å². The van der Waals surface area contributed by atoms with Gasteiger partial charge in [0.25, 0.3) is 0 Å². The Balaban J connectivity index is 2.30. The maximum Gasteiger partial charge on any atom is 0.0308 e. The molecule has 1 fully saturated rings. The third-order valence-electron chi connectivity index (χ3n) is 4.73. The molecule has 22 heavy (non-hydrogen) atoms. The first kappa shape index (κ1) is 19.2. The molecule has 124 valence electrons. The number of thiocarbonyl (C=S) groups is 1. The van der Waals surface area contributed by atoms with E-state index >= 15 is 0 Å². The van der Waals surface area contributed by atoms with E-state index in [9.17, 15) is 0 Å². The molecule has 0 aromatic carbocycles. The second kappa shape index (κ2) is 9.99. The van der Waals surface area contributed by atoms with Crippen molar-refractivity contribution in [3.8, 4) is 0 Å². The van der Waals surface area contributed by atoms with E-state index in [-0.39, 0.29) is 0 Å². The lowest BCUT2D eigenvalue weighted by Gasteiger charge is -2.18. The van der Waals surface area contributed by atoms with Crippen LogP contribution < -0.4 is 5.32 Å². The van der Waals surface area contributed by atoms with Crippen LogP contribution >= 0.6 is 12.2 Å². The summed E-state index contributed by atoms with van der Waals surface area (Å²) >= 11 is 5.58. The maximum atomic E-state index is 5.58. The molecule has 0 aromatic rings. The molecule has 0 aliphatic heterocycles. The number of hydrogen-bond donors (Lipinski definition) is 1. The van der Waals surface area contributed by atoms with Crippen LogP contribution in [0.2, 0.25) is 0 Å². The number of allylic oxidation sites excluding steroid dienone is 3. The van der Waals surface area contributed by atoms with Crippen LogP contribution in [-0.2, 0) is 0 Å². The summed E-state index contributed by atoms with van der Waals surface area (Å²) in [6.45, 7) is 14.7. The Morgan fingerprint density at radius 1 is 1.32 bits per heavy atom. The van der Waals surface area contributed by atoms with Crippen molar-refractivity contribution in [2.75, 3.05) is 0 Å². The van der Waals surface area contributed by atoms with Gasteiger partial charge in [0.1, 0.15) is 0 Å². The summed E-state index contributed by atoms with van der Waals surface area (Å²) < 4.78 is 0. The van der Waals surface area contributed by atoms with Gasteiger partial charge < -0.3 is 5.32 Å². The van der Waals surface area contributed by atoms with Gasteiger partial charge in [-0.3, -0.25) is 0 Å². The van der Waals surface area contributed by atoms with Gasteiger partial charge in [0.05, 0.1) is 0 Å². The summed E-state index contributed by atoms with van der Waals surface area (Å²) in [7, 11) is 0. The fourth-order valence-electron chi connectivity index (χ4n) is 3.00. The monoisotopic (exact) mass is 319 g/mol. The number of hydrogen-bond acceptors (Lipinski definition) is 2. The summed E-state index contributed by atoms with van der Waals surface area (Å²) in [5, 5.41) is 3.32. The van der Waals surface area contributed by atoms with Crippen molar-refractivity contribution in [3.63, 3.8) is 0 Å². The maximum absolute atomic E-state index is 5.58. The van der Waals surface area contributed by atoms with E-state index in [4.69, 9.17) is 12.2 Å². The van der Waals surface area contributed by atoms with E-state index < -0.39 is 0 Å². The highest BCUT2D eigenvalue weighted by Crippen LogP contribution is 2.29. The van der Waals surface area contributed by atoms with Gasteiger partial charge in [0.15, 0.2) is 0 Å². The van der Waals surface area contributed by atoms with Crippen LogP contribution in [0.15, 0.2) is 36.2 Å². The summed E-state index contributed by atoms with van der Waals surface area (Å²) in [5.74, 6) is 1.29. The van der Waals surface area contributed by atoms with Crippen molar-refractivity contribution in [2.24, 2.45) is 11.8 Å².